The number of aromatic nitrogens is 2. The number of nitrogens with two attached hydrogens (primary N) is 1. The molecule has 1 aromatic carbocycles. The summed E-state index contributed by atoms with van der Waals surface area (Å²) in [7, 11) is -3.54. The van der Waals surface area contributed by atoms with Gasteiger partial charge in [0.2, 0.25) is 5.88 Å². The van der Waals surface area contributed by atoms with E-state index >= 15 is 0 Å². The van der Waals surface area contributed by atoms with Crippen molar-refractivity contribution in [1.82, 2.24) is 9.78 Å². The van der Waals surface area contributed by atoms with Gasteiger partial charge in [-0.2, -0.15) is 5.10 Å². The van der Waals surface area contributed by atoms with Crippen LogP contribution in [0, 0.1) is 0 Å². The predicted octanol–water partition coefficient (Wildman–Crippen LogP) is 2.52. The fourth-order valence-electron chi connectivity index (χ4n) is 4.53. The van der Waals surface area contributed by atoms with Gasteiger partial charge in [-0.1, -0.05) is 6.07 Å². The van der Waals surface area contributed by atoms with Crippen molar-refractivity contribution in [3.63, 3.8) is 0 Å². The third-order valence-electron chi connectivity index (χ3n) is 5.74. The number of alkyl halides is 1. The number of ether oxygens (including phenoxy) is 1. The van der Waals surface area contributed by atoms with Gasteiger partial charge in [0.25, 0.3) is 0 Å². The van der Waals surface area contributed by atoms with E-state index in [-0.39, 0.29) is 23.3 Å². The summed E-state index contributed by atoms with van der Waals surface area (Å²) in [6.07, 6.45) is 3.58. The Morgan fingerprint density at radius 2 is 2.21 bits per heavy atom. The zero-order valence-corrected chi connectivity index (χ0v) is 16.8. The van der Waals surface area contributed by atoms with Crippen molar-refractivity contribution in [2.45, 2.75) is 62.7 Å². The number of hydrogen-bond donors (Lipinski definition) is 2. The molecule has 3 N–H and O–H groups in total. The Labute approximate surface area is 167 Å². The minimum absolute atomic E-state index is 0.101. The first-order chi connectivity index (χ1) is 13.8. The lowest BCUT2D eigenvalue weighted by Gasteiger charge is -2.15. The van der Waals surface area contributed by atoms with Gasteiger partial charge in [0, 0.05) is 18.5 Å². The quantitative estimate of drug-likeness (QED) is 0.779. The molecule has 3 aliphatic rings. The summed E-state index contributed by atoms with van der Waals surface area (Å²) >= 11 is 0. The molecule has 0 saturated heterocycles. The number of nitrogens with one attached hydrogen (secondary N) is 1. The fraction of sp³-hybridized carbons (Fsp3) is 0.474. The van der Waals surface area contributed by atoms with Gasteiger partial charge in [0.15, 0.2) is 9.92 Å². The molecule has 2 heterocycles. The highest BCUT2D eigenvalue weighted by atomic mass is 32.2. The lowest BCUT2D eigenvalue weighted by molar-refractivity contribution is 0.248. The molecule has 0 bridgehead atoms. The second-order valence-electron chi connectivity index (χ2n) is 7.90. The van der Waals surface area contributed by atoms with Crippen LogP contribution in [0.1, 0.15) is 35.6 Å². The van der Waals surface area contributed by atoms with Crippen LogP contribution >= 0.6 is 0 Å². The van der Waals surface area contributed by atoms with Crippen molar-refractivity contribution in [2.75, 3.05) is 5.32 Å². The Hall–Kier alpha value is -2.46. The number of amides is 2. The molecule has 2 aromatic rings. The lowest BCUT2D eigenvalue weighted by atomic mass is 9.99. The number of nitrogens with zero attached hydrogens (tertiary/aromatic N) is 3. The van der Waals surface area contributed by atoms with Crippen LogP contribution in [0.3, 0.4) is 0 Å². The number of aryl methyl sites for hydroxylation is 1. The van der Waals surface area contributed by atoms with Gasteiger partial charge in [-0.3, -0.25) is 0 Å². The van der Waals surface area contributed by atoms with Gasteiger partial charge in [-0.15, -0.1) is 4.36 Å². The molecule has 1 aliphatic heterocycles. The molecular weight excluding hydrogens is 397 g/mol. The standard InChI is InChI=1S/C19H22FN5O3S/c1-10-9-25-18(28-10)16(8-22-25)29(21,27)24-19(26)23-17-14-4-2-3-11(14)5-12-6-13(20)7-15(12)17/h5,8,10,13H,2-4,6-7,9H2,1H3,(H3,21,23,24,26,27)/t10-,13+,29-/m0/s1. The molecule has 10 heteroatoms. The molecule has 0 unspecified atom stereocenters. The summed E-state index contributed by atoms with van der Waals surface area (Å²) in [6, 6.07) is 1.25. The van der Waals surface area contributed by atoms with Crippen molar-refractivity contribution in [2.24, 2.45) is 9.50 Å². The monoisotopic (exact) mass is 419 g/mol. The average Bonchev–Trinajstić information content (AvgIpc) is 3.36. The zero-order chi connectivity index (χ0) is 20.3. The Kier molecular flexibility index (Phi) is 4.18. The van der Waals surface area contributed by atoms with Crippen molar-refractivity contribution >= 4 is 21.6 Å². The Morgan fingerprint density at radius 3 is 3.03 bits per heavy atom. The molecular formula is C19H22FN5O3S. The molecule has 1 aromatic heterocycles. The lowest BCUT2D eigenvalue weighted by Crippen LogP contribution is -2.19. The van der Waals surface area contributed by atoms with Gasteiger partial charge >= 0.3 is 6.03 Å². The highest BCUT2D eigenvalue weighted by molar-refractivity contribution is 7.91. The highest BCUT2D eigenvalue weighted by Crippen LogP contribution is 2.39. The molecule has 0 saturated carbocycles. The van der Waals surface area contributed by atoms with Crippen LogP contribution in [0.4, 0.5) is 14.9 Å². The predicted molar refractivity (Wildman–Crippen MR) is 105 cm³/mol. The van der Waals surface area contributed by atoms with E-state index in [4.69, 9.17) is 9.88 Å². The summed E-state index contributed by atoms with van der Waals surface area (Å²) in [6.45, 7) is 2.37. The van der Waals surface area contributed by atoms with Crippen LogP contribution in [-0.4, -0.2) is 32.3 Å². The normalized spacial score (nSPS) is 23.7. The van der Waals surface area contributed by atoms with Crippen molar-refractivity contribution in [3.8, 4) is 5.88 Å². The molecule has 0 spiro atoms. The molecule has 154 valence electrons. The molecule has 5 rings (SSSR count). The van der Waals surface area contributed by atoms with Crippen molar-refractivity contribution in [1.29, 1.82) is 0 Å². The van der Waals surface area contributed by atoms with E-state index in [2.05, 4.69) is 20.8 Å². The molecule has 3 atom stereocenters. The fourth-order valence-corrected chi connectivity index (χ4v) is 5.52. The van der Waals surface area contributed by atoms with Crippen LogP contribution in [0.5, 0.6) is 5.88 Å². The molecule has 8 nitrogen and oxygen atoms in total. The number of hydrogen-bond acceptors (Lipinski definition) is 4. The maximum absolute atomic E-state index is 14.0. The first-order valence-corrected chi connectivity index (χ1v) is 11.3. The van der Waals surface area contributed by atoms with E-state index in [1.54, 1.807) is 4.68 Å². The number of urea groups is 1. The highest BCUT2D eigenvalue weighted by Gasteiger charge is 2.31. The number of anilines is 1. The van der Waals surface area contributed by atoms with Gasteiger partial charge in [-0.25, -0.2) is 23.2 Å². The van der Waals surface area contributed by atoms with Gasteiger partial charge in [0.1, 0.15) is 17.2 Å². The maximum atomic E-state index is 14.0. The molecule has 2 aliphatic carbocycles. The molecule has 2 amide bonds. The van der Waals surface area contributed by atoms with Crippen LogP contribution in [-0.2, 0) is 42.1 Å². The smallest absolute Gasteiger partial charge is 0.354 e. The minimum atomic E-state index is -3.54. The number of carbonyl (C=O) groups excluding carboxylic acids is 1. The van der Waals surface area contributed by atoms with Crippen LogP contribution in [0.15, 0.2) is 21.5 Å². The van der Waals surface area contributed by atoms with E-state index in [9.17, 15) is 13.4 Å². The first kappa shape index (κ1) is 18.6. The number of halogens is 1. The largest absolute Gasteiger partial charge is 0.472 e. The summed E-state index contributed by atoms with van der Waals surface area (Å²) in [5.74, 6) is 0.281. The second kappa shape index (κ2) is 6.53. The van der Waals surface area contributed by atoms with E-state index in [0.29, 0.717) is 18.7 Å². The van der Waals surface area contributed by atoms with Crippen LogP contribution < -0.4 is 15.2 Å². The van der Waals surface area contributed by atoms with Crippen molar-refractivity contribution in [3.05, 3.63) is 34.5 Å². The van der Waals surface area contributed by atoms with Gasteiger partial charge < -0.3 is 10.1 Å². The summed E-state index contributed by atoms with van der Waals surface area (Å²) in [5, 5.41) is 12.8. The van der Waals surface area contributed by atoms with Gasteiger partial charge in [-0.05, 0) is 48.4 Å². The minimum Gasteiger partial charge on any atom is -0.472 e. The number of benzene rings is 1. The molecule has 29 heavy (non-hydrogen) atoms. The summed E-state index contributed by atoms with van der Waals surface area (Å²) in [4.78, 5) is 12.8. The Bertz CT molecular complexity index is 1150. The van der Waals surface area contributed by atoms with E-state index in [0.717, 1.165) is 41.5 Å². The summed E-state index contributed by atoms with van der Waals surface area (Å²) in [5.41, 5.74) is 4.52. The Balaban J connectivity index is 1.49. The zero-order valence-electron chi connectivity index (χ0n) is 16.0. The van der Waals surface area contributed by atoms with Crippen LogP contribution in [0.2, 0.25) is 0 Å². The third kappa shape index (κ3) is 3.10. The number of rotatable bonds is 2. The maximum Gasteiger partial charge on any atom is 0.354 e. The molecule has 0 fully saturated rings. The average molecular weight is 419 g/mol. The van der Waals surface area contributed by atoms with E-state index in [1.807, 2.05) is 6.92 Å². The van der Waals surface area contributed by atoms with E-state index < -0.39 is 22.1 Å². The molecule has 0 radical (unpaired) electrons. The third-order valence-corrected chi connectivity index (χ3v) is 7.08. The summed E-state index contributed by atoms with van der Waals surface area (Å²) < 4.78 is 37.9. The SMILES string of the molecule is C[C@H]1Cn2ncc([S@@](N)(=O)=NC(=O)Nc3c4c(cc5c3C[C@H](F)C5)CCC4)c2O1. The topological polar surface area (TPSA) is 112 Å². The van der Waals surface area contributed by atoms with Gasteiger partial charge in [0.05, 0.1) is 12.7 Å². The first-order valence-electron chi connectivity index (χ1n) is 9.71. The number of carbonyl (C=O) groups is 1. The van der Waals surface area contributed by atoms with E-state index in [1.165, 1.54) is 6.20 Å². The number of fused-ring (bicyclic) bond motifs is 3. The van der Waals surface area contributed by atoms with Crippen LogP contribution in [0.25, 0.3) is 0 Å². The van der Waals surface area contributed by atoms with Crippen molar-refractivity contribution < 1.29 is 18.1 Å². The Morgan fingerprint density at radius 1 is 1.38 bits per heavy atom. The second-order valence-corrected chi connectivity index (χ2v) is 9.66.